The van der Waals surface area contributed by atoms with Gasteiger partial charge in [-0.05, 0) is 32.9 Å². The molecule has 1 rings (SSSR count). The Morgan fingerprint density at radius 2 is 2.38 bits per heavy atom. The normalized spacial score (nSPS) is 21.1. The Bertz CT molecular complexity index is 202. The summed E-state index contributed by atoms with van der Waals surface area (Å²) < 4.78 is 0. The van der Waals surface area contributed by atoms with Crippen LogP contribution in [-0.4, -0.2) is 50.1 Å². The zero-order chi connectivity index (χ0) is 11.8. The van der Waals surface area contributed by atoms with Crippen molar-refractivity contribution in [2.75, 3.05) is 33.2 Å². The van der Waals surface area contributed by atoms with E-state index in [-0.39, 0.29) is 5.91 Å². The number of nitrogens with zero attached hydrogens (tertiary/aromatic N) is 1. The van der Waals surface area contributed by atoms with Crippen LogP contribution in [0.4, 0.5) is 0 Å². The van der Waals surface area contributed by atoms with Gasteiger partial charge in [-0.15, -0.1) is 0 Å². The predicted octanol–water partition coefficient (Wildman–Crippen LogP) is 0.587. The molecule has 1 saturated heterocycles. The van der Waals surface area contributed by atoms with Crippen molar-refractivity contribution in [3.8, 4) is 0 Å². The highest BCUT2D eigenvalue weighted by molar-refractivity contribution is 5.77. The molecule has 0 radical (unpaired) electrons. The van der Waals surface area contributed by atoms with E-state index in [0.29, 0.717) is 12.6 Å². The fourth-order valence-electron chi connectivity index (χ4n) is 2.03. The number of carbonyl (C=O) groups excluding carboxylic acids is 1. The molecule has 1 heterocycles. The molecule has 94 valence electrons. The van der Waals surface area contributed by atoms with Gasteiger partial charge in [0.25, 0.3) is 0 Å². The molecule has 1 fully saturated rings. The van der Waals surface area contributed by atoms with Crippen molar-refractivity contribution >= 4 is 5.91 Å². The van der Waals surface area contributed by atoms with Crippen LogP contribution >= 0.6 is 0 Å². The van der Waals surface area contributed by atoms with Crippen molar-refractivity contribution in [2.24, 2.45) is 0 Å². The molecule has 16 heavy (non-hydrogen) atoms. The molecule has 4 heteroatoms. The maximum atomic E-state index is 11.6. The van der Waals surface area contributed by atoms with E-state index >= 15 is 0 Å². The molecule has 0 aliphatic carbocycles. The lowest BCUT2D eigenvalue weighted by Crippen LogP contribution is -2.47. The number of nitrogens with one attached hydrogen (secondary N) is 2. The number of hydrogen-bond donors (Lipinski definition) is 2. The average Bonchev–Trinajstić information content (AvgIpc) is 2.30. The van der Waals surface area contributed by atoms with E-state index in [4.69, 9.17) is 0 Å². The molecular weight excluding hydrogens is 202 g/mol. The first-order valence-corrected chi connectivity index (χ1v) is 6.41. The zero-order valence-corrected chi connectivity index (χ0v) is 10.6. The zero-order valence-electron chi connectivity index (χ0n) is 10.6. The number of piperidine rings is 1. The summed E-state index contributed by atoms with van der Waals surface area (Å²) in [5.74, 6) is 0.154. The van der Waals surface area contributed by atoms with Crippen molar-refractivity contribution in [2.45, 2.75) is 38.6 Å². The van der Waals surface area contributed by atoms with Crippen LogP contribution in [0.15, 0.2) is 0 Å². The lowest BCUT2D eigenvalue weighted by molar-refractivity contribution is -0.122. The molecule has 0 bridgehead atoms. The van der Waals surface area contributed by atoms with Crippen LogP contribution in [0.1, 0.15) is 32.6 Å². The van der Waals surface area contributed by atoms with Crippen molar-refractivity contribution in [3.05, 3.63) is 0 Å². The Kier molecular flexibility index (Phi) is 6.42. The Balaban J connectivity index is 2.16. The molecule has 0 aromatic heterocycles. The van der Waals surface area contributed by atoms with E-state index < -0.39 is 0 Å². The summed E-state index contributed by atoms with van der Waals surface area (Å²) in [6.45, 7) is 5.60. The van der Waals surface area contributed by atoms with Gasteiger partial charge in [0.05, 0.1) is 6.54 Å². The van der Waals surface area contributed by atoms with Gasteiger partial charge < -0.3 is 10.6 Å². The summed E-state index contributed by atoms with van der Waals surface area (Å²) in [4.78, 5) is 13.8. The summed E-state index contributed by atoms with van der Waals surface area (Å²) in [7, 11) is 2.04. The van der Waals surface area contributed by atoms with Crippen LogP contribution in [0, 0.1) is 0 Å². The summed E-state index contributed by atoms with van der Waals surface area (Å²) in [6.07, 6.45) is 4.61. The predicted molar refractivity (Wildman–Crippen MR) is 66.4 cm³/mol. The minimum Gasteiger partial charge on any atom is -0.355 e. The van der Waals surface area contributed by atoms with Crippen molar-refractivity contribution in [1.29, 1.82) is 0 Å². The SMILES string of the molecule is CCCCNC(=O)CN(C)C1CCCNC1. The largest absolute Gasteiger partial charge is 0.355 e. The van der Waals surface area contributed by atoms with Crippen molar-refractivity contribution in [1.82, 2.24) is 15.5 Å². The van der Waals surface area contributed by atoms with Crippen molar-refractivity contribution < 1.29 is 4.79 Å². The van der Waals surface area contributed by atoms with Crippen LogP contribution < -0.4 is 10.6 Å². The molecule has 0 aromatic carbocycles. The van der Waals surface area contributed by atoms with Crippen LogP contribution in [0.2, 0.25) is 0 Å². The van der Waals surface area contributed by atoms with Crippen LogP contribution in [0.25, 0.3) is 0 Å². The molecule has 1 amide bonds. The second-order valence-electron chi connectivity index (χ2n) is 4.62. The fourth-order valence-corrected chi connectivity index (χ4v) is 2.03. The van der Waals surface area contributed by atoms with E-state index in [2.05, 4.69) is 22.5 Å². The lowest BCUT2D eigenvalue weighted by Gasteiger charge is -2.31. The smallest absolute Gasteiger partial charge is 0.234 e. The summed E-state index contributed by atoms with van der Waals surface area (Å²) >= 11 is 0. The maximum Gasteiger partial charge on any atom is 0.234 e. The first kappa shape index (κ1) is 13.5. The standard InChI is InChI=1S/C12H25N3O/c1-3-4-8-14-12(16)10-15(2)11-6-5-7-13-9-11/h11,13H,3-10H2,1-2H3,(H,14,16). The van der Waals surface area contributed by atoms with Gasteiger partial charge in [-0.25, -0.2) is 0 Å². The monoisotopic (exact) mass is 227 g/mol. The van der Waals surface area contributed by atoms with Gasteiger partial charge in [-0.2, -0.15) is 0 Å². The summed E-state index contributed by atoms with van der Waals surface area (Å²) in [6, 6.07) is 0.519. The number of unbranched alkanes of at least 4 members (excludes halogenated alkanes) is 1. The molecule has 0 saturated carbocycles. The van der Waals surface area contributed by atoms with Crippen LogP contribution in [0.5, 0.6) is 0 Å². The maximum absolute atomic E-state index is 11.6. The molecule has 0 spiro atoms. The molecular formula is C12H25N3O. The van der Waals surface area contributed by atoms with Gasteiger partial charge >= 0.3 is 0 Å². The third-order valence-electron chi connectivity index (χ3n) is 3.14. The quantitative estimate of drug-likeness (QED) is 0.653. The van der Waals surface area contributed by atoms with Gasteiger partial charge in [-0.1, -0.05) is 13.3 Å². The number of amides is 1. The van der Waals surface area contributed by atoms with Gasteiger partial charge in [0, 0.05) is 19.1 Å². The number of hydrogen-bond acceptors (Lipinski definition) is 3. The first-order valence-electron chi connectivity index (χ1n) is 6.41. The second kappa shape index (κ2) is 7.63. The number of rotatable bonds is 6. The highest BCUT2D eigenvalue weighted by atomic mass is 16.2. The van der Waals surface area contributed by atoms with Gasteiger partial charge in [-0.3, -0.25) is 9.69 Å². The third kappa shape index (κ3) is 4.94. The molecule has 1 atom stereocenters. The van der Waals surface area contributed by atoms with Crippen LogP contribution in [-0.2, 0) is 4.79 Å². The Morgan fingerprint density at radius 1 is 1.56 bits per heavy atom. The van der Waals surface area contributed by atoms with E-state index in [1.54, 1.807) is 0 Å². The summed E-state index contributed by atoms with van der Waals surface area (Å²) in [5, 5.41) is 6.32. The molecule has 1 aliphatic rings. The minimum absolute atomic E-state index is 0.154. The molecule has 4 nitrogen and oxygen atoms in total. The second-order valence-corrected chi connectivity index (χ2v) is 4.62. The van der Waals surface area contributed by atoms with Gasteiger partial charge in [0.15, 0.2) is 0 Å². The average molecular weight is 227 g/mol. The Morgan fingerprint density at radius 3 is 3.00 bits per heavy atom. The van der Waals surface area contributed by atoms with E-state index in [1.165, 1.54) is 12.8 Å². The molecule has 1 aliphatic heterocycles. The Labute approximate surface area is 98.8 Å². The van der Waals surface area contributed by atoms with Gasteiger partial charge in [0.1, 0.15) is 0 Å². The minimum atomic E-state index is 0.154. The molecule has 2 N–H and O–H groups in total. The third-order valence-corrected chi connectivity index (χ3v) is 3.14. The number of likely N-dealkylation sites (N-methyl/N-ethyl adjacent to an activating group) is 1. The highest BCUT2D eigenvalue weighted by Crippen LogP contribution is 2.07. The topological polar surface area (TPSA) is 44.4 Å². The van der Waals surface area contributed by atoms with E-state index in [9.17, 15) is 4.79 Å². The van der Waals surface area contributed by atoms with Gasteiger partial charge in [0.2, 0.25) is 5.91 Å². The molecule has 1 unspecified atom stereocenters. The molecule has 0 aromatic rings. The summed E-state index contributed by atoms with van der Waals surface area (Å²) in [5.41, 5.74) is 0. The fraction of sp³-hybridized carbons (Fsp3) is 0.917. The Hall–Kier alpha value is -0.610. The highest BCUT2D eigenvalue weighted by Gasteiger charge is 2.19. The van der Waals surface area contributed by atoms with E-state index in [1.807, 2.05) is 7.05 Å². The number of carbonyl (C=O) groups is 1. The van der Waals surface area contributed by atoms with Crippen molar-refractivity contribution in [3.63, 3.8) is 0 Å². The first-order chi connectivity index (χ1) is 7.74. The van der Waals surface area contributed by atoms with E-state index in [0.717, 1.165) is 32.5 Å². The van der Waals surface area contributed by atoms with Crippen LogP contribution in [0.3, 0.4) is 0 Å². The lowest BCUT2D eigenvalue weighted by atomic mass is 10.1.